The molecule has 29 heavy (non-hydrogen) atoms. The van der Waals surface area contributed by atoms with Crippen LogP contribution in [0, 0.1) is 13.8 Å². The van der Waals surface area contributed by atoms with Gasteiger partial charge in [0.2, 0.25) is 5.52 Å². The van der Waals surface area contributed by atoms with Crippen molar-refractivity contribution in [3.8, 4) is 0 Å². The van der Waals surface area contributed by atoms with Crippen LogP contribution in [-0.2, 0) is 7.05 Å². The molecule has 0 aliphatic carbocycles. The number of nitrogens with zero attached hydrogens (tertiary/aromatic N) is 3. The first kappa shape index (κ1) is 16.6. The van der Waals surface area contributed by atoms with E-state index in [2.05, 4.69) is 104 Å². The van der Waals surface area contributed by atoms with Crippen molar-refractivity contribution in [3.63, 3.8) is 0 Å². The van der Waals surface area contributed by atoms with Crippen LogP contribution in [-0.4, -0.2) is 18.5 Å². The minimum atomic E-state index is 1.27. The molecule has 0 N–H and O–H groups in total. The number of hydrogen-bond acceptors (Lipinski definition) is 1. The lowest BCUT2D eigenvalue weighted by Crippen LogP contribution is -2.29. The van der Waals surface area contributed by atoms with Gasteiger partial charge in [0.05, 0.1) is 27.3 Å². The number of pyridine rings is 2. The van der Waals surface area contributed by atoms with Crippen LogP contribution < -0.4 is 9.47 Å². The maximum Gasteiger partial charge on any atom is 0.224 e. The van der Waals surface area contributed by atoms with Gasteiger partial charge in [0.1, 0.15) is 7.05 Å². The Morgan fingerprint density at radius 3 is 2.34 bits per heavy atom. The van der Waals surface area contributed by atoms with Crippen LogP contribution in [0.25, 0.3) is 49.0 Å². The van der Waals surface area contributed by atoms with Crippen molar-refractivity contribution >= 4 is 54.7 Å². The van der Waals surface area contributed by atoms with Gasteiger partial charge in [0.15, 0.2) is 6.20 Å². The molecule has 0 saturated carbocycles. The summed E-state index contributed by atoms with van der Waals surface area (Å²) in [4.78, 5) is 2.23. The molecule has 3 aromatic heterocycles. The van der Waals surface area contributed by atoms with E-state index in [1.165, 1.54) is 65.8 Å². The summed E-state index contributed by atoms with van der Waals surface area (Å²) < 4.78 is 4.79. The molecule has 0 amide bonds. The first-order valence-corrected chi connectivity index (χ1v) is 10.2. The summed E-state index contributed by atoms with van der Waals surface area (Å²) in [5, 5.41) is 6.68. The first-order chi connectivity index (χ1) is 14.0. The van der Waals surface area contributed by atoms with Gasteiger partial charge in [-0.15, -0.1) is 0 Å². The van der Waals surface area contributed by atoms with Crippen molar-refractivity contribution in [2.75, 3.05) is 19.0 Å². The van der Waals surface area contributed by atoms with Crippen LogP contribution in [0.4, 0.5) is 5.69 Å². The molecule has 6 aromatic rings. The molecule has 0 bridgehead atoms. The molecule has 3 heterocycles. The fourth-order valence-corrected chi connectivity index (χ4v) is 5.23. The highest BCUT2D eigenvalue weighted by molar-refractivity contribution is 6.27. The van der Waals surface area contributed by atoms with E-state index in [1.54, 1.807) is 0 Å². The second-order valence-electron chi connectivity index (χ2n) is 8.51. The molecule has 142 valence electrons. The lowest BCUT2D eigenvalue weighted by atomic mass is 9.96. The summed E-state index contributed by atoms with van der Waals surface area (Å²) in [7, 11) is 6.44. The van der Waals surface area contributed by atoms with Crippen molar-refractivity contribution in [2.45, 2.75) is 13.8 Å². The Morgan fingerprint density at radius 1 is 0.862 bits per heavy atom. The standard InChI is InChI=1S/C26H24N3/c1-15-14-18-24-19(27(3)4)9-7-11-21(24)29-20-10-6-8-17-12-13-28(5)26(23(17)20)22(16(15)2)25(18)29/h6-14H,1-5H3/q+1. The molecule has 0 unspecified atom stereocenters. The van der Waals surface area contributed by atoms with Gasteiger partial charge in [-0.1, -0.05) is 18.2 Å². The zero-order valence-electron chi connectivity index (χ0n) is 17.5. The lowest BCUT2D eigenvalue weighted by Gasteiger charge is -2.14. The summed E-state index contributed by atoms with van der Waals surface area (Å²) in [5.74, 6) is 0. The second-order valence-corrected chi connectivity index (χ2v) is 8.51. The number of rotatable bonds is 1. The highest BCUT2D eigenvalue weighted by Gasteiger charge is 2.25. The maximum absolute atomic E-state index is 2.49. The van der Waals surface area contributed by atoms with Crippen LogP contribution in [0.5, 0.6) is 0 Å². The molecule has 0 spiro atoms. The lowest BCUT2D eigenvalue weighted by molar-refractivity contribution is -0.643. The summed E-state index contributed by atoms with van der Waals surface area (Å²) in [6, 6.07) is 18.0. The number of aromatic nitrogens is 2. The summed E-state index contributed by atoms with van der Waals surface area (Å²) in [5.41, 5.74) is 9.19. The predicted octanol–water partition coefficient (Wildman–Crippen LogP) is 5.50. The monoisotopic (exact) mass is 378 g/mol. The Kier molecular flexibility index (Phi) is 3.08. The number of benzene rings is 3. The van der Waals surface area contributed by atoms with Gasteiger partial charge in [-0.3, -0.25) is 0 Å². The van der Waals surface area contributed by atoms with E-state index in [1.807, 2.05) is 0 Å². The Morgan fingerprint density at radius 2 is 1.59 bits per heavy atom. The fourth-order valence-electron chi connectivity index (χ4n) is 5.23. The normalized spacial score (nSPS) is 12.3. The molecule has 3 aromatic carbocycles. The SMILES string of the molecule is Cc1cc2c3c(N(C)C)cccc3n3c4cccc5cc[n+](C)c(c(c1C)c23)c54. The van der Waals surface area contributed by atoms with E-state index in [4.69, 9.17) is 0 Å². The average Bonchev–Trinajstić information content (AvgIpc) is 3.04. The van der Waals surface area contributed by atoms with Crippen LogP contribution in [0.2, 0.25) is 0 Å². The molecule has 0 fully saturated rings. The van der Waals surface area contributed by atoms with E-state index in [0.717, 1.165) is 0 Å². The molecule has 0 aliphatic rings. The minimum Gasteiger partial charge on any atom is -0.377 e. The molecular formula is C26H24N3+. The van der Waals surface area contributed by atoms with Gasteiger partial charge in [-0.25, -0.2) is 4.57 Å². The smallest absolute Gasteiger partial charge is 0.224 e. The second kappa shape index (κ2) is 5.38. The molecule has 3 nitrogen and oxygen atoms in total. The van der Waals surface area contributed by atoms with Gasteiger partial charge < -0.3 is 9.30 Å². The van der Waals surface area contributed by atoms with Gasteiger partial charge in [0, 0.05) is 36.6 Å². The third-order valence-corrected chi connectivity index (χ3v) is 6.68. The van der Waals surface area contributed by atoms with Gasteiger partial charge >= 0.3 is 0 Å². The molecule has 0 atom stereocenters. The minimum absolute atomic E-state index is 1.27. The molecule has 0 aliphatic heterocycles. The third-order valence-electron chi connectivity index (χ3n) is 6.68. The van der Waals surface area contributed by atoms with E-state index in [0.29, 0.717) is 0 Å². The zero-order chi connectivity index (χ0) is 20.0. The predicted molar refractivity (Wildman–Crippen MR) is 124 cm³/mol. The average molecular weight is 378 g/mol. The topological polar surface area (TPSA) is 11.5 Å². The molecule has 0 radical (unpaired) electrons. The Bertz CT molecular complexity index is 1600. The van der Waals surface area contributed by atoms with Gasteiger partial charge in [-0.05, 0) is 54.6 Å². The summed E-state index contributed by atoms with van der Waals surface area (Å²) in [6.45, 7) is 4.51. The fraction of sp³-hybridized carbons (Fsp3) is 0.192. The highest BCUT2D eigenvalue weighted by Crippen LogP contribution is 2.43. The van der Waals surface area contributed by atoms with Crippen molar-refractivity contribution < 1.29 is 4.57 Å². The molecular weight excluding hydrogens is 354 g/mol. The van der Waals surface area contributed by atoms with Crippen molar-refractivity contribution in [2.24, 2.45) is 7.05 Å². The van der Waals surface area contributed by atoms with E-state index in [9.17, 15) is 0 Å². The summed E-state index contributed by atoms with van der Waals surface area (Å²) >= 11 is 0. The van der Waals surface area contributed by atoms with Crippen molar-refractivity contribution in [1.82, 2.24) is 4.40 Å². The van der Waals surface area contributed by atoms with Gasteiger partial charge in [0.25, 0.3) is 0 Å². The number of hydrogen-bond donors (Lipinski definition) is 0. The first-order valence-electron chi connectivity index (χ1n) is 10.2. The quantitative estimate of drug-likeness (QED) is 0.209. The summed E-state index contributed by atoms with van der Waals surface area (Å²) in [6.07, 6.45) is 2.19. The van der Waals surface area contributed by atoms with Crippen molar-refractivity contribution in [3.05, 3.63) is 65.9 Å². The van der Waals surface area contributed by atoms with Crippen LogP contribution in [0.1, 0.15) is 11.1 Å². The van der Waals surface area contributed by atoms with Crippen molar-refractivity contribution in [1.29, 1.82) is 0 Å². The number of fused-ring (bicyclic) bond motifs is 5. The molecule has 6 rings (SSSR count). The Hall–Kier alpha value is -3.33. The third kappa shape index (κ3) is 1.90. The van der Waals surface area contributed by atoms with E-state index in [-0.39, 0.29) is 0 Å². The zero-order valence-corrected chi connectivity index (χ0v) is 17.5. The van der Waals surface area contributed by atoms with Crippen LogP contribution in [0.15, 0.2) is 54.7 Å². The largest absolute Gasteiger partial charge is 0.377 e. The maximum atomic E-state index is 2.49. The Labute approximate surface area is 169 Å². The van der Waals surface area contributed by atoms with E-state index >= 15 is 0 Å². The highest BCUT2D eigenvalue weighted by atomic mass is 15.1. The van der Waals surface area contributed by atoms with Crippen LogP contribution in [0.3, 0.4) is 0 Å². The number of anilines is 1. The van der Waals surface area contributed by atoms with Crippen LogP contribution >= 0.6 is 0 Å². The van der Waals surface area contributed by atoms with Gasteiger partial charge in [-0.2, -0.15) is 0 Å². The number of aryl methyl sites for hydroxylation is 3. The Balaban J connectivity index is 2.12. The van der Waals surface area contributed by atoms with E-state index < -0.39 is 0 Å². The molecule has 3 heteroatoms. The molecule has 0 saturated heterocycles.